The van der Waals surface area contributed by atoms with Crippen LogP contribution in [-0.2, 0) is 4.79 Å². The number of piperidine rings is 1. The lowest BCUT2D eigenvalue weighted by atomic mass is 9.95. The highest BCUT2D eigenvalue weighted by Crippen LogP contribution is 2.35. The molecule has 4 nitrogen and oxygen atoms in total. The van der Waals surface area contributed by atoms with E-state index in [0.29, 0.717) is 6.04 Å². The molecule has 0 amide bonds. The monoisotopic (exact) mass is 252 g/mol. The topological polar surface area (TPSA) is 43.8 Å². The van der Waals surface area contributed by atoms with Gasteiger partial charge in [0.2, 0.25) is 0 Å². The number of carbonyl (C=O) groups is 1. The number of nitrogens with zero attached hydrogens (tertiary/aromatic N) is 2. The van der Waals surface area contributed by atoms with Crippen LogP contribution in [0.25, 0.3) is 0 Å². The molecule has 102 valence electrons. The summed E-state index contributed by atoms with van der Waals surface area (Å²) < 4.78 is 0. The Morgan fingerprint density at radius 1 is 1.11 bits per heavy atom. The summed E-state index contributed by atoms with van der Waals surface area (Å²) in [6, 6.07) is 2.26. The van der Waals surface area contributed by atoms with Crippen LogP contribution in [0.4, 0.5) is 0 Å². The summed E-state index contributed by atoms with van der Waals surface area (Å²) in [4.78, 5) is 16.2. The third kappa shape index (κ3) is 2.41. The van der Waals surface area contributed by atoms with Crippen molar-refractivity contribution < 1.29 is 9.90 Å². The summed E-state index contributed by atoms with van der Waals surface area (Å²) in [5.74, 6) is -0.700. The summed E-state index contributed by atoms with van der Waals surface area (Å²) in [5.41, 5.74) is 0. The van der Waals surface area contributed by atoms with Crippen molar-refractivity contribution in [2.24, 2.45) is 5.92 Å². The van der Waals surface area contributed by atoms with Crippen molar-refractivity contribution in [3.8, 4) is 0 Å². The van der Waals surface area contributed by atoms with Crippen LogP contribution in [-0.4, -0.2) is 58.6 Å². The van der Waals surface area contributed by atoms with Gasteiger partial charge in [0.1, 0.15) is 0 Å². The zero-order valence-electron chi connectivity index (χ0n) is 11.2. The normalized spacial score (nSPS) is 36.1. The van der Waals surface area contributed by atoms with Crippen molar-refractivity contribution >= 4 is 5.97 Å². The lowest BCUT2D eigenvalue weighted by molar-refractivity contribution is -0.143. The van der Waals surface area contributed by atoms with Crippen LogP contribution >= 0.6 is 0 Å². The molecule has 2 atom stereocenters. The van der Waals surface area contributed by atoms with Crippen LogP contribution in [0.2, 0.25) is 0 Å². The maximum atomic E-state index is 11.0. The Morgan fingerprint density at radius 2 is 1.78 bits per heavy atom. The molecule has 0 radical (unpaired) electrons. The Balaban J connectivity index is 1.52. The van der Waals surface area contributed by atoms with Gasteiger partial charge < -0.3 is 5.11 Å². The van der Waals surface area contributed by atoms with Crippen molar-refractivity contribution in [3.05, 3.63) is 0 Å². The fraction of sp³-hybridized carbons (Fsp3) is 0.929. The van der Waals surface area contributed by atoms with Gasteiger partial charge in [0.15, 0.2) is 0 Å². The highest BCUT2D eigenvalue weighted by atomic mass is 16.4. The number of hydrogen-bond donors (Lipinski definition) is 1. The SMILES string of the molecule is CC1CC(N2CCC(C(=O)O)CC2)CN1C1CC1. The molecule has 2 aliphatic heterocycles. The second-order valence-corrected chi connectivity index (χ2v) is 6.31. The molecule has 1 saturated carbocycles. The minimum absolute atomic E-state index is 0.0976. The quantitative estimate of drug-likeness (QED) is 0.825. The summed E-state index contributed by atoms with van der Waals surface area (Å²) in [5, 5.41) is 9.03. The molecule has 18 heavy (non-hydrogen) atoms. The molecule has 3 aliphatic rings. The summed E-state index contributed by atoms with van der Waals surface area (Å²) in [6.45, 7) is 5.52. The molecule has 2 heterocycles. The number of carboxylic acids is 1. The van der Waals surface area contributed by atoms with Gasteiger partial charge in [-0.05, 0) is 52.1 Å². The Kier molecular flexibility index (Phi) is 3.32. The van der Waals surface area contributed by atoms with E-state index in [1.807, 2.05) is 0 Å². The lowest BCUT2D eigenvalue weighted by Crippen LogP contribution is -2.44. The highest BCUT2D eigenvalue weighted by Gasteiger charge is 2.41. The van der Waals surface area contributed by atoms with Gasteiger partial charge in [-0.1, -0.05) is 0 Å². The van der Waals surface area contributed by atoms with Gasteiger partial charge >= 0.3 is 5.97 Å². The maximum absolute atomic E-state index is 11.0. The molecule has 0 aromatic rings. The third-order valence-electron chi connectivity index (χ3n) is 5.01. The molecule has 4 heteroatoms. The van der Waals surface area contributed by atoms with E-state index >= 15 is 0 Å². The molecule has 0 spiro atoms. The first-order valence-electron chi connectivity index (χ1n) is 7.37. The van der Waals surface area contributed by atoms with Gasteiger partial charge in [-0.25, -0.2) is 0 Å². The smallest absolute Gasteiger partial charge is 0.306 e. The second kappa shape index (κ2) is 4.82. The Morgan fingerprint density at radius 3 is 2.33 bits per heavy atom. The largest absolute Gasteiger partial charge is 0.481 e. The molecule has 0 aromatic carbocycles. The molecule has 1 N–H and O–H groups in total. The fourth-order valence-electron chi connectivity index (χ4n) is 3.72. The minimum Gasteiger partial charge on any atom is -0.481 e. The van der Waals surface area contributed by atoms with Crippen molar-refractivity contribution in [1.82, 2.24) is 9.80 Å². The van der Waals surface area contributed by atoms with E-state index in [1.165, 1.54) is 25.8 Å². The molecule has 1 aliphatic carbocycles. The predicted octanol–water partition coefficient (Wildman–Crippen LogP) is 1.41. The molecule has 3 rings (SSSR count). The van der Waals surface area contributed by atoms with Gasteiger partial charge in [-0.3, -0.25) is 14.6 Å². The summed E-state index contributed by atoms with van der Waals surface area (Å²) >= 11 is 0. The van der Waals surface area contributed by atoms with Gasteiger partial charge in [-0.15, -0.1) is 0 Å². The minimum atomic E-state index is -0.603. The second-order valence-electron chi connectivity index (χ2n) is 6.31. The highest BCUT2D eigenvalue weighted by molar-refractivity contribution is 5.70. The van der Waals surface area contributed by atoms with Gasteiger partial charge in [-0.2, -0.15) is 0 Å². The number of aliphatic carboxylic acids is 1. The Hall–Kier alpha value is -0.610. The predicted molar refractivity (Wildman–Crippen MR) is 69.5 cm³/mol. The zero-order valence-corrected chi connectivity index (χ0v) is 11.2. The van der Waals surface area contributed by atoms with E-state index in [4.69, 9.17) is 5.11 Å². The van der Waals surface area contributed by atoms with Gasteiger partial charge in [0.25, 0.3) is 0 Å². The standard InChI is InChI=1S/C14H24N2O2/c1-10-8-13(9-16(10)12-2-3-12)15-6-4-11(5-7-15)14(17)18/h10-13H,2-9H2,1H3,(H,17,18). The van der Waals surface area contributed by atoms with Crippen molar-refractivity contribution in [2.45, 2.75) is 57.2 Å². The van der Waals surface area contributed by atoms with Crippen LogP contribution in [0.5, 0.6) is 0 Å². The lowest BCUT2D eigenvalue weighted by Gasteiger charge is -2.34. The molecule has 2 unspecified atom stereocenters. The third-order valence-corrected chi connectivity index (χ3v) is 5.01. The first kappa shape index (κ1) is 12.4. The van der Waals surface area contributed by atoms with Crippen molar-refractivity contribution in [3.63, 3.8) is 0 Å². The molecular weight excluding hydrogens is 228 g/mol. The zero-order chi connectivity index (χ0) is 12.7. The number of hydrogen-bond acceptors (Lipinski definition) is 3. The van der Waals surface area contributed by atoms with E-state index in [-0.39, 0.29) is 5.92 Å². The van der Waals surface area contributed by atoms with E-state index in [1.54, 1.807) is 0 Å². The van der Waals surface area contributed by atoms with Crippen LogP contribution < -0.4 is 0 Å². The molecule has 3 fully saturated rings. The first-order chi connectivity index (χ1) is 8.65. The van der Waals surface area contributed by atoms with Crippen molar-refractivity contribution in [2.75, 3.05) is 19.6 Å². The van der Waals surface area contributed by atoms with Crippen LogP contribution in [0.15, 0.2) is 0 Å². The van der Waals surface area contributed by atoms with Crippen LogP contribution in [0, 0.1) is 5.92 Å². The molecule has 0 aromatic heterocycles. The molecular formula is C14H24N2O2. The average molecular weight is 252 g/mol. The fourth-order valence-corrected chi connectivity index (χ4v) is 3.72. The summed E-state index contributed by atoms with van der Waals surface area (Å²) in [6.07, 6.45) is 5.72. The van der Waals surface area contributed by atoms with Gasteiger partial charge in [0.05, 0.1) is 5.92 Å². The summed E-state index contributed by atoms with van der Waals surface area (Å²) in [7, 11) is 0. The van der Waals surface area contributed by atoms with E-state index in [9.17, 15) is 4.79 Å². The average Bonchev–Trinajstić information content (AvgIpc) is 3.13. The Bertz CT molecular complexity index is 322. The number of rotatable bonds is 3. The molecule has 2 saturated heterocycles. The van der Waals surface area contributed by atoms with E-state index < -0.39 is 5.97 Å². The van der Waals surface area contributed by atoms with Crippen LogP contribution in [0.1, 0.15) is 39.0 Å². The van der Waals surface area contributed by atoms with E-state index in [0.717, 1.165) is 38.0 Å². The Labute approximate surface area is 109 Å². The maximum Gasteiger partial charge on any atom is 0.306 e. The van der Waals surface area contributed by atoms with Crippen LogP contribution in [0.3, 0.4) is 0 Å². The first-order valence-corrected chi connectivity index (χ1v) is 7.37. The molecule has 0 bridgehead atoms. The van der Waals surface area contributed by atoms with E-state index in [2.05, 4.69) is 16.7 Å². The number of carboxylic acid groups (broad SMARTS) is 1. The number of likely N-dealkylation sites (tertiary alicyclic amines) is 2. The van der Waals surface area contributed by atoms with Gasteiger partial charge in [0, 0.05) is 24.7 Å². The van der Waals surface area contributed by atoms with Crippen molar-refractivity contribution in [1.29, 1.82) is 0 Å².